The van der Waals surface area contributed by atoms with Crippen molar-refractivity contribution in [3.63, 3.8) is 0 Å². The highest BCUT2D eigenvalue weighted by atomic mass is 16.4. The number of benzene rings is 2. The van der Waals surface area contributed by atoms with E-state index in [0.29, 0.717) is 0 Å². The van der Waals surface area contributed by atoms with Crippen molar-refractivity contribution >= 4 is 23.9 Å². The first-order valence-corrected chi connectivity index (χ1v) is 7.94. The van der Waals surface area contributed by atoms with E-state index >= 15 is 0 Å². The molecule has 0 aliphatic heterocycles. The molecule has 3 aromatic rings. The van der Waals surface area contributed by atoms with Crippen LogP contribution in [0, 0.1) is 0 Å². The number of hydrogen-bond donors (Lipinski definition) is 4. The molecule has 10 heteroatoms. The van der Waals surface area contributed by atoms with Gasteiger partial charge in [0.1, 0.15) is 0 Å². The van der Waals surface area contributed by atoms with Gasteiger partial charge in [0, 0.05) is 17.4 Å². The minimum Gasteiger partial charge on any atom is -0.478 e. The van der Waals surface area contributed by atoms with Gasteiger partial charge in [0.15, 0.2) is 0 Å². The number of imidazole rings is 1. The Kier molecular flexibility index (Phi) is 4.84. The molecule has 0 amide bonds. The molecule has 10 nitrogen and oxygen atoms in total. The van der Waals surface area contributed by atoms with Crippen LogP contribution in [0.5, 0.6) is 0 Å². The zero-order valence-corrected chi connectivity index (χ0v) is 14.4. The van der Waals surface area contributed by atoms with Crippen molar-refractivity contribution in [3.05, 3.63) is 71.2 Å². The molecular weight excluding hydrogens is 384 g/mol. The van der Waals surface area contributed by atoms with Crippen LogP contribution in [0.2, 0.25) is 0 Å². The molecule has 2 aromatic carbocycles. The minimum atomic E-state index is -1.31. The summed E-state index contributed by atoms with van der Waals surface area (Å²) in [7, 11) is 0. The molecule has 1 aromatic heterocycles. The third-order valence-corrected chi connectivity index (χ3v) is 4.02. The molecule has 29 heavy (non-hydrogen) atoms. The Balaban J connectivity index is 2.11. The number of carbonyl (C=O) groups is 4. The molecule has 0 aliphatic rings. The summed E-state index contributed by atoms with van der Waals surface area (Å²) in [6.45, 7) is 0. The van der Waals surface area contributed by atoms with E-state index in [2.05, 4.69) is 4.98 Å². The molecule has 0 bridgehead atoms. The molecule has 146 valence electrons. The van der Waals surface area contributed by atoms with Gasteiger partial charge in [-0.3, -0.25) is 0 Å². The zero-order chi connectivity index (χ0) is 21.3. The van der Waals surface area contributed by atoms with Crippen LogP contribution < -0.4 is 0 Å². The van der Waals surface area contributed by atoms with Crippen molar-refractivity contribution in [1.82, 2.24) is 9.55 Å². The van der Waals surface area contributed by atoms with Crippen LogP contribution in [0.3, 0.4) is 0 Å². The Bertz CT molecular complexity index is 1020. The summed E-state index contributed by atoms with van der Waals surface area (Å²) in [5.74, 6) is -5.24. The van der Waals surface area contributed by atoms with E-state index in [-0.39, 0.29) is 39.2 Å². The molecule has 4 N–H and O–H groups in total. The normalized spacial score (nSPS) is 10.5. The summed E-state index contributed by atoms with van der Waals surface area (Å²) in [4.78, 5) is 49.1. The Morgan fingerprint density at radius 2 is 1.07 bits per heavy atom. The summed E-state index contributed by atoms with van der Waals surface area (Å²) in [6.07, 6.45) is 2.68. The molecule has 0 saturated heterocycles. The van der Waals surface area contributed by atoms with Gasteiger partial charge >= 0.3 is 23.9 Å². The number of rotatable bonds is 6. The van der Waals surface area contributed by atoms with Gasteiger partial charge < -0.3 is 25.0 Å². The minimum absolute atomic E-state index is 0.203. The fraction of sp³-hybridized carbons (Fsp3) is 0. The lowest BCUT2D eigenvalue weighted by Gasteiger charge is -2.06. The third-order valence-electron chi connectivity index (χ3n) is 4.02. The van der Waals surface area contributed by atoms with Gasteiger partial charge in [0.05, 0.1) is 34.3 Å². The van der Waals surface area contributed by atoms with Gasteiger partial charge in [-0.15, -0.1) is 0 Å². The number of hydrogen-bond acceptors (Lipinski definition) is 5. The summed E-state index contributed by atoms with van der Waals surface area (Å²) < 4.78 is 1.35. The van der Waals surface area contributed by atoms with Gasteiger partial charge in [-0.2, -0.15) is 0 Å². The number of carboxylic acids is 4. The predicted molar refractivity (Wildman–Crippen MR) is 96.8 cm³/mol. The molecule has 0 saturated carbocycles. The van der Waals surface area contributed by atoms with Gasteiger partial charge in [-0.05, 0) is 36.4 Å². The first-order valence-electron chi connectivity index (χ1n) is 7.94. The van der Waals surface area contributed by atoms with Crippen molar-refractivity contribution in [2.45, 2.75) is 0 Å². The maximum atomic E-state index is 11.3. The standard InChI is InChI=1S/C19H12N2O8/c22-16(23)10-1-9(2-11(3-10)17(24)25)15-7-21(8-20-15)14-5-12(18(26)27)4-13(6-14)19(28)29/h1-8H,(H,22,23)(H,24,25)(H,26,27)(H,28,29). The lowest BCUT2D eigenvalue weighted by molar-refractivity contribution is 0.0676. The van der Waals surface area contributed by atoms with Gasteiger partial charge in [-0.1, -0.05) is 0 Å². The summed E-state index contributed by atoms with van der Waals surface area (Å²) in [5, 5.41) is 36.7. The molecule has 0 radical (unpaired) electrons. The molecule has 0 atom stereocenters. The Labute approximate surface area is 161 Å². The van der Waals surface area contributed by atoms with Gasteiger partial charge in [-0.25, -0.2) is 24.2 Å². The maximum absolute atomic E-state index is 11.3. The molecule has 3 rings (SSSR count). The predicted octanol–water partition coefficient (Wildman–Crippen LogP) is 2.33. The smallest absolute Gasteiger partial charge is 0.335 e. The molecule has 1 heterocycles. The van der Waals surface area contributed by atoms with Crippen LogP contribution in [0.1, 0.15) is 41.4 Å². The largest absolute Gasteiger partial charge is 0.478 e. The second kappa shape index (κ2) is 7.27. The fourth-order valence-corrected chi connectivity index (χ4v) is 2.64. The van der Waals surface area contributed by atoms with E-state index in [4.69, 9.17) is 0 Å². The van der Waals surface area contributed by atoms with Crippen molar-refractivity contribution in [3.8, 4) is 16.9 Å². The lowest BCUT2D eigenvalue weighted by atomic mass is 10.0. The number of aromatic carboxylic acids is 4. The number of aromatic nitrogens is 2. The van der Waals surface area contributed by atoms with Crippen molar-refractivity contribution in [1.29, 1.82) is 0 Å². The van der Waals surface area contributed by atoms with Crippen LogP contribution in [0.15, 0.2) is 48.9 Å². The van der Waals surface area contributed by atoms with Crippen molar-refractivity contribution < 1.29 is 39.6 Å². The number of nitrogens with zero attached hydrogens (tertiary/aromatic N) is 2. The van der Waals surface area contributed by atoms with E-state index in [1.165, 1.54) is 41.4 Å². The lowest BCUT2D eigenvalue weighted by Crippen LogP contribution is -2.05. The summed E-state index contributed by atoms with van der Waals surface area (Å²) in [6, 6.07) is 7.02. The van der Waals surface area contributed by atoms with E-state index in [1.54, 1.807) is 0 Å². The second-order valence-corrected chi connectivity index (χ2v) is 5.95. The maximum Gasteiger partial charge on any atom is 0.335 e. The quantitative estimate of drug-likeness (QED) is 0.489. The monoisotopic (exact) mass is 396 g/mol. The van der Waals surface area contributed by atoms with Crippen molar-refractivity contribution in [2.75, 3.05) is 0 Å². The number of carboxylic acid groups (broad SMARTS) is 4. The molecule has 0 fully saturated rings. The van der Waals surface area contributed by atoms with Crippen molar-refractivity contribution in [2.24, 2.45) is 0 Å². The first kappa shape index (κ1) is 19.3. The topological polar surface area (TPSA) is 167 Å². The van der Waals surface area contributed by atoms with Crippen LogP contribution in [0.25, 0.3) is 16.9 Å². The first-order chi connectivity index (χ1) is 13.7. The molecule has 0 spiro atoms. The van der Waals surface area contributed by atoms with Gasteiger partial charge in [0.25, 0.3) is 0 Å². The SMILES string of the molecule is O=C(O)c1cc(C(=O)O)cc(-c2cn(-c3cc(C(=O)O)cc(C(=O)O)c3)cn2)c1. The average Bonchev–Trinajstić information content (AvgIpc) is 3.17. The highest BCUT2D eigenvalue weighted by molar-refractivity contribution is 5.96. The van der Waals surface area contributed by atoms with Crippen LogP contribution in [-0.4, -0.2) is 53.9 Å². The average molecular weight is 396 g/mol. The molecule has 0 unspecified atom stereocenters. The Hall–Kier alpha value is -4.47. The molecular formula is C19H12N2O8. The Morgan fingerprint density at radius 1 is 0.655 bits per heavy atom. The highest BCUT2D eigenvalue weighted by Gasteiger charge is 2.16. The van der Waals surface area contributed by atoms with E-state index in [9.17, 15) is 39.6 Å². The zero-order valence-electron chi connectivity index (χ0n) is 14.4. The van der Waals surface area contributed by atoms with Crippen LogP contribution in [0.4, 0.5) is 0 Å². The van der Waals surface area contributed by atoms with Crippen LogP contribution in [-0.2, 0) is 0 Å². The van der Waals surface area contributed by atoms with E-state index in [0.717, 1.165) is 12.1 Å². The van der Waals surface area contributed by atoms with E-state index < -0.39 is 23.9 Å². The second-order valence-electron chi connectivity index (χ2n) is 5.95. The fourth-order valence-electron chi connectivity index (χ4n) is 2.64. The van der Waals surface area contributed by atoms with Gasteiger partial charge in [0.2, 0.25) is 0 Å². The van der Waals surface area contributed by atoms with E-state index in [1.807, 2.05) is 0 Å². The summed E-state index contributed by atoms with van der Waals surface area (Å²) in [5.41, 5.74) is -0.325. The summed E-state index contributed by atoms with van der Waals surface area (Å²) >= 11 is 0. The van der Waals surface area contributed by atoms with Crippen LogP contribution >= 0.6 is 0 Å². The third kappa shape index (κ3) is 3.95. The Morgan fingerprint density at radius 3 is 1.48 bits per heavy atom. The molecule has 0 aliphatic carbocycles. The highest BCUT2D eigenvalue weighted by Crippen LogP contribution is 2.23.